The van der Waals surface area contributed by atoms with Crippen molar-refractivity contribution in [3.63, 3.8) is 0 Å². The third kappa shape index (κ3) is 3.47. The molecule has 3 N–H and O–H groups in total. The molecule has 1 aromatic rings. The van der Waals surface area contributed by atoms with E-state index in [0.29, 0.717) is 0 Å². The van der Waals surface area contributed by atoms with E-state index in [1.165, 1.54) is 0 Å². The van der Waals surface area contributed by atoms with E-state index in [4.69, 9.17) is 5.11 Å². The summed E-state index contributed by atoms with van der Waals surface area (Å²) in [7, 11) is 0. The summed E-state index contributed by atoms with van der Waals surface area (Å²) in [6.45, 7) is 4.09. The van der Waals surface area contributed by atoms with Gasteiger partial charge in [0.2, 0.25) is 0 Å². The molecule has 0 amide bonds. The molecule has 0 radical (unpaired) electrons. The third-order valence-electron chi connectivity index (χ3n) is 2.65. The van der Waals surface area contributed by atoms with Crippen molar-refractivity contribution in [3.05, 3.63) is 28.2 Å². The van der Waals surface area contributed by atoms with Crippen LogP contribution in [-0.4, -0.2) is 22.9 Å². The minimum atomic E-state index is 0.00889. The van der Waals surface area contributed by atoms with Crippen LogP contribution in [0.3, 0.4) is 0 Å². The monoisotopic (exact) mass is 287 g/mol. The van der Waals surface area contributed by atoms with E-state index in [1.807, 2.05) is 19.9 Å². The van der Waals surface area contributed by atoms with E-state index in [-0.39, 0.29) is 24.4 Å². The number of halogens is 1. The fourth-order valence-electron chi connectivity index (χ4n) is 1.62. The van der Waals surface area contributed by atoms with Crippen molar-refractivity contribution in [1.82, 2.24) is 5.32 Å². The highest BCUT2D eigenvalue weighted by molar-refractivity contribution is 9.10. The van der Waals surface area contributed by atoms with Crippen LogP contribution in [0.4, 0.5) is 0 Å². The van der Waals surface area contributed by atoms with Crippen LogP contribution >= 0.6 is 15.9 Å². The van der Waals surface area contributed by atoms with Crippen molar-refractivity contribution in [2.24, 2.45) is 0 Å². The van der Waals surface area contributed by atoms with E-state index in [9.17, 15) is 5.11 Å². The average Bonchev–Trinajstić information content (AvgIpc) is 2.28. The smallest absolute Gasteiger partial charge is 0.120 e. The van der Waals surface area contributed by atoms with Gasteiger partial charge >= 0.3 is 0 Å². The zero-order valence-corrected chi connectivity index (χ0v) is 11.2. The van der Waals surface area contributed by atoms with Gasteiger partial charge < -0.3 is 15.5 Å². The number of nitrogens with one attached hydrogen (secondary N) is 1. The van der Waals surface area contributed by atoms with Crippen molar-refractivity contribution in [2.45, 2.75) is 32.4 Å². The summed E-state index contributed by atoms with van der Waals surface area (Å²) >= 11 is 3.38. The fourth-order valence-corrected chi connectivity index (χ4v) is 1.99. The molecule has 0 aromatic heterocycles. The molecule has 2 atom stereocenters. The lowest BCUT2D eigenvalue weighted by Gasteiger charge is -2.21. The van der Waals surface area contributed by atoms with Gasteiger partial charge in [-0.05, 0) is 31.5 Å². The molecule has 1 rings (SSSR count). The Kier molecular flexibility index (Phi) is 5.25. The van der Waals surface area contributed by atoms with Gasteiger partial charge in [-0.25, -0.2) is 0 Å². The van der Waals surface area contributed by atoms with Gasteiger partial charge in [0, 0.05) is 22.1 Å². The molecule has 0 aliphatic rings. The summed E-state index contributed by atoms with van der Waals surface area (Å²) < 4.78 is 0.936. The first-order valence-corrected chi connectivity index (χ1v) is 6.23. The molecule has 0 aliphatic carbocycles. The molecule has 0 bridgehead atoms. The zero-order chi connectivity index (χ0) is 12.1. The van der Waals surface area contributed by atoms with Crippen molar-refractivity contribution in [3.8, 4) is 5.75 Å². The van der Waals surface area contributed by atoms with E-state index >= 15 is 0 Å². The maximum absolute atomic E-state index is 9.74. The maximum atomic E-state index is 9.74. The van der Waals surface area contributed by atoms with Gasteiger partial charge in [0.1, 0.15) is 5.75 Å². The third-order valence-corrected chi connectivity index (χ3v) is 3.15. The lowest BCUT2D eigenvalue weighted by Crippen LogP contribution is -2.33. The van der Waals surface area contributed by atoms with Crippen LogP contribution in [0.15, 0.2) is 22.7 Å². The predicted molar refractivity (Wildman–Crippen MR) is 68.5 cm³/mol. The minimum absolute atomic E-state index is 0.00889. The lowest BCUT2D eigenvalue weighted by molar-refractivity contribution is 0.229. The van der Waals surface area contributed by atoms with Gasteiger partial charge in [-0.1, -0.05) is 22.9 Å². The first-order valence-electron chi connectivity index (χ1n) is 5.43. The molecule has 4 heteroatoms. The molecule has 3 nitrogen and oxygen atoms in total. The molecule has 0 spiro atoms. The molecule has 0 fully saturated rings. The van der Waals surface area contributed by atoms with Crippen LogP contribution in [0.1, 0.15) is 31.9 Å². The number of aliphatic hydroxyl groups excluding tert-OH is 1. The van der Waals surface area contributed by atoms with Gasteiger partial charge in [0.25, 0.3) is 0 Å². The number of hydrogen-bond donors (Lipinski definition) is 3. The highest BCUT2D eigenvalue weighted by Crippen LogP contribution is 2.27. The van der Waals surface area contributed by atoms with Crippen LogP contribution in [0.2, 0.25) is 0 Å². The second-order valence-corrected chi connectivity index (χ2v) is 4.79. The van der Waals surface area contributed by atoms with Crippen molar-refractivity contribution < 1.29 is 10.2 Å². The molecular weight excluding hydrogens is 270 g/mol. The van der Waals surface area contributed by atoms with E-state index in [0.717, 1.165) is 16.5 Å². The summed E-state index contributed by atoms with van der Waals surface area (Å²) in [4.78, 5) is 0. The summed E-state index contributed by atoms with van der Waals surface area (Å²) in [5, 5.41) is 22.1. The van der Waals surface area contributed by atoms with Crippen molar-refractivity contribution in [2.75, 3.05) is 6.61 Å². The number of benzene rings is 1. The van der Waals surface area contributed by atoms with Crippen molar-refractivity contribution in [1.29, 1.82) is 0 Å². The van der Waals surface area contributed by atoms with Gasteiger partial charge in [-0.15, -0.1) is 0 Å². The van der Waals surface area contributed by atoms with Crippen LogP contribution < -0.4 is 5.32 Å². The molecule has 0 aliphatic heterocycles. The standard InChI is InChI=1S/C12H18BrNO2/c1-3-10(7-15)14-8(2)11-6-9(13)4-5-12(11)16/h4-6,8,10,14-16H,3,7H2,1-2H3/t8?,10-/m1/s1. The maximum Gasteiger partial charge on any atom is 0.120 e. The highest BCUT2D eigenvalue weighted by atomic mass is 79.9. The minimum Gasteiger partial charge on any atom is -0.508 e. The largest absolute Gasteiger partial charge is 0.508 e. The summed E-state index contributed by atoms with van der Waals surface area (Å²) in [5.74, 6) is 0.274. The van der Waals surface area contributed by atoms with Crippen LogP contribution in [0, 0.1) is 0 Å². The number of rotatable bonds is 5. The van der Waals surface area contributed by atoms with Gasteiger partial charge in [-0.3, -0.25) is 0 Å². The number of aromatic hydroxyl groups is 1. The normalized spacial score (nSPS) is 14.8. The molecular formula is C12H18BrNO2. The van der Waals surface area contributed by atoms with E-state index < -0.39 is 0 Å². The molecule has 0 saturated heterocycles. The fraction of sp³-hybridized carbons (Fsp3) is 0.500. The van der Waals surface area contributed by atoms with Gasteiger partial charge in [0.05, 0.1) is 6.61 Å². The average molecular weight is 288 g/mol. The Morgan fingerprint density at radius 2 is 2.12 bits per heavy atom. The van der Waals surface area contributed by atoms with Crippen LogP contribution in [0.5, 0.6) is 5.75 Å². The van der Waals surface area contributed by atoms with Crippen LogP contribution in [-0.2, 0) is 0 Å². The number of aliphatic hydroxyl groups is 1. The topological polar surface area (TPSA) is 52.5 Å². The quantitative estimate of drug-likeness (QED) is 0.780. The molecule has 90 valence electrons. The van der Waals surface area contributed by atoms with Crippen molar-refractivity contribution >= 4 is 15.9 Å². The summed E-state index contributed by atoms with van der Waals surface area (Å²) in [6.07, 6.45) is 0.857. The predicted octanol–water partition coefficient (Wildman–Crippen LogP) is 2.58. The Labute approximate surface area is 105 Å². The molecule has 1 aromatic carbocycles. The number of hydrogen-bond acceptors (Lipinski definition) is 3. The summed E-state index contributed by atoms with van der Waals surface area (Å²) in [6, 6.07) is 5.42. The van der Waals surface area contributed by atoms with E-state index in [2.05, 4.69) is 21.2 Å². The first-order chi connectivity index (χ1) is 7.58. The molecule has 0 heterocycles. The zero-order valence-electron chi connectivity index (χ0n) is 9.57. The SMILES string of the molecule is CC[C@H](CO)NC(C)c1cc(Br)ccc1O. The first kappa shape index (κ1) is 13.5. The highest BCUT2D eigenvalue weighted by Gasteiger charge is 2.14. The number of phenols is 1. The Bertz CT molecular complexity index is 340. The van der Waals surface area contributed by atoms with E-state index in [1.54, 1.807) is 12.1 Å². The number of phenolic OH excluding ortho intramolecular Hbond substituents is 1. The second-order valence-electron chi connectivity index (χ2n) is 3.88. The Morgan fingerprint density at radius 3 is 2.69 bits per heavy atom. The summed E-state index contributed by atoms with van der Waals surface area (Å²) in [5.41, 5.74) is 0.835. The Hall–Kier alpha value is -0.580. The van der Waals surface area contributed by atoms with Crippen LogP contribution in [0.25, 0.3) is 0 Å². The Balaban J connectivity index is 2.79. The molecule has 1 unspecified atom stereocenters. The lowest BCUT2D eigenvalue weighted by atomic mass is 10.1. The molecule has 16 heavy (non-hydrogen) atoms. The van der Waals surface area contributed by atoms with Gasteiger partial charge in [0.15, 0.2) is 0 Å². The Morgan fingerprint density at radius 1 is 1.44 bits per heavy atom. The second kappa shape index (κ2) is 6.23. The van der Waals surface area contributed by atoms with Gasteiger partial charge in [-0.2, -0.15) is 0 Å². The molecule has 0 saturated carbocycles.